The quantitative estimate of drug-likeness (QED) is 0.899. The van der Waals surface area contributed by atoms with Crippen LogP contribution in [0.25, 0.3) is 0 Å². The molecule has 0 bridgehead atoms. The van der Waals surface area contributed by atoms with Gasteiger partial charge >= 0.3 is 0 Å². The number of amides is 1. The molecule has 27 heavy (non-hydrogen) atoms. The summed E-state index contributed by atoms with van der Waals surface area (Å²) in [7, 11) is 0. The first-order chi connectivity index (χ1) is 13.1. The maximum Gasteiger partial charge on any atom is 0.224 e. The van der Waals surface area contributed by atoms with Gasteiger partial charge in [-0.25, -0.2) is 0 Å². The molecule has 1 unspecified atom stereocenters. The van der Waals surface area contributed by atoms with Crippen LogP contribution < -0.4 is 5.32 Å². The van der Waals surface area contributed by atoms with Crippen molar-refractivity contribution in [3.8, 4) is 0 Å². The molecule has 4 rings (SSSR count). The molecule has 0 spiro atoms. The van der Waals surface area contributed by atoms with E-state index in [1.807, 2.05) is 6.92 Å². The van der Waals surface area contributed by atoms with Crippen LogP contribution in [0.4, 0.5) is 0 Å². The van der Waals surface area contributed by atoms with Gasteiger partial charge < -0.3 is 14.6 Å². The first-order valence-electron chi connectivity index (χ1n) is 9.89. The molecule has 1 aromatic heterocycles. The van der Waals surface area contributed by atoms with Crippen LogP contribution in [0.15, 0.2) is 24.3 Å². The average molecular weight is 368 g/mol. The second-order valence-corrected chi connectivity index (χ2v) is 7.94. The summed E-state index contributed by atoms with van der Waals surface area (Å²) in [4.78, 5) is 12.9. The summed E-state index contributed by atoms with van der Waals surface area (Å²) in [6, 6.07) is 8.54. The highest BCUT2D eigenvalue weighted by Gasteiger charge is 2.37. The van der Waals surface area contributed by atoms with Crippen molar-refractivity contribution in [3.05, 3.63) is 47.0 Å². The van der Waals surface area contributed by atoms with Gasteiger partial charge in [0.1, 0.15) is 11.6 Å². The van der Waals surface area contributed by atoms with Gasteiger partial charge in [0.15, 0.2) is 0 Å². The van der Waals surface area contributed by atoms with Gasteiger partial charge in [0.2, 0.25) is 5.91 Å². The summed E-state index contributed by atoms with van der Waals surface area (Å²) >= 11 is 0. The van der Waals surface area contributed by atoms with E-state index in [0.717, 1.165) is 50.5 Å². The Morgan fingerprint density at radius 3 is 2.81 bits per heavy atom. The van der Waals surface area contributed by atoms with E-state index in [9.17, 15) is 4.79 Å². The highest BCUT2D eigenvalue weighted by molar-refractivity contribution is 5.79. The van der Waals surface area contributed by atoms with Crippen molar-refractivity contribution in [1.29, 1.82) is 0 Å². The van der Waals surface area contributed by atoms with Crippen LogP contribution in [-0.4, -0.2) is 40.4 Å². The number of carbonyl (C=O) groups is 1. The Labute approximate surface area is 160 Å². The van der Waals surface area contributed by atoms with Crippen LogP contribution in [0.5, 0.6) is 0 Å². The van der Waals surface area contributed by atoms with E-state index in [1.54, 1.807) is 0 Å². The Hall–Kier alpha value is -2.21. The molecule has 6 nitrogen and oxygen atoms in total. The third-order valence-electron chi connectivity index (χ3n) is 6.27. The number of aromatic nitrogens is 3. The predicted molar refractivity (Wildman–Crippen MR) is 102 cm³/mol. The van der Waals surface area contributed by atoms with E-state index in [1.165, 1.54) is 11.1 Å². The molecular weight excluding hydrogens is 340 g/mol. The van der Waals surface area contributed by atoms with Crippen molar-refractivity contribution in [3.63, 3.8) is 0 Å². The lowest BCUT2D eigenvalue weighted by Gasteiger charge is -2.39. The van der Waals surface area contributed by atoms with E-state index in [4.69, 9.17) is 4.74 Å². The van der Waals surface area contributed by atoms with Gasteiger partial charge in [-0.05, 0) is 44.2 Å². The van der Waals surface area contributed by atoms with Gasteiger partial charge in [0.05, 0.1) is 5.92 Å². The maximum atomic E-state index is 12.9. The Bertz CT molecular complexity index is 823. The highest BCUT2D eigenvalue weighted by atomic mass is 16.5. The van der Waals surface area contributed by atoms with E-state index in [2.05, 4.69) is 51.3 Å². The number of rotatable bonds is 4. The van der Waals surface area contributed by atoms with Crippen LogP contribution in [0.1, 0.15) is 42.0 Å². The number of nitrogens with one attached hydrogen (secondary N) is 1. The Morgan fingerprint density at radius 1 is 1.26 bits per heavy atom. The van der Waals surface area contributed by atoms with Crippen LogP contribution in [-0.2, 0) is 27.9 Å². The fourth-order valence-electron chi connectivity index (χ4n) is 4.55. The molecule has 2 aliphatic heterocycles. The molecule has 2 aromatic rings. The molecule has 1 N–H and O–H groups in total. The minimum atomic E-state index is -0.0362. The number of aryl methyl sites for hydroxylation is 3. The topological polar surface area (TPSA) is 69.0 Å². The van der Waals surface area contributed by atoms with Crippen LogP contribution in [0.3, 0.4) is 0 Å². The fourth-order valence-corrected chi connectivity index (χ4v) is 4.55. The number of fused-ring (bicyclic) bond motifs is 1. The number of hydrogen-bond donors (Lipinski definition) is 1. The summed E-state index contributed by atoms with van der Waals surface area (Å²) in [5.41, 5.74) is 2.59. The molecule has 144 valence electrons. The molecule has 1 saturated heterocycles. The van der Waals surface area contributed by atoms with Crippen molar-refractivity contribution in [2.75, 3.05) is 19.8 Å². The third-order valence-corrected chi connectivity index (χ3v) is 6.27. The van der Waals surface area contributed by atoms with E-state index in [0.29, 0.717) is 13.1 Å². The van der Waals surface area contributed by atoms with Crippen molar-refractivity contribution in [2.24, 2.45) is 5.92 Å². The molecule has 0 aliphatic carbocycles. The van der Waals surface area contributed by atoms with Gasteiger partial charge in [0.25, 0.3) is 0 Å². The van der Waals surface area contributed by atoms with Crippen LogP contribution in [0, 0.1) is 19.8 Å². The fraction of sp³-hybridized carbons (Fsp3) is 0.571. The van der Waals surface area contributed by atoms with Crippen molar-refractivity contribution in [1.82, 2.24) is 20.1 Å². The number of ether oxygens (including phenoxy) is 1. The lowest BCUT2D eigenvalue weighted by atomic mass is 9.72. The zero-order valence-corrected chi connectivity index (χ0v) is 16.2. The number of nitrogens with zero attached hydrogens (tertiary/aromatic N) is 3. The van der Waals surface area contributed by atoms with Crippen molar-refractivity contribution in [2.45, 2.75) is 51.5 Å². The third kappa shape index (κ3) is 3.50. The summed E-state index contributed by atoms with van der Waals surface area (Å²) < 4.78 is 7.71. The van der Waals surface area contributed by atoms with E-state index >= 15 is 0 Å². The lowest BCUT2D eigenvalue weighted by Crippen LogP contribution is -2.47. The van der Waals surface area contributed by atoms with Gasteiger partial charge in [-0.2, -0.15) is 0 Å². The Morgan fingerprint density at radius 2 is 2.04 bits per heavy atom. The first kappa shape index (κ1) is 18.2. The van der Waals surface area contributed by atoms with Gasteiger partial charge in [-0.3, -0.25) is 4.79 Å². The minimum Gasteiger partial charge on any atom is -0.381 e. The normalized spacial score (nSPS) is 21.5. The zero-order chi connectivity index (χ0) is 18.9. The molecule has 0 saturated carbocycles. The Kier molecular flexibility index (Phi) is 5.00. The summed E-state index contributed by atoms with van der Waals surface area (Å²) in [5, 5.41) is 11.6. The monoisotopic (exact) mass is 368 g/mol. The average Bonchev–Trinajstić information content (AvgIpc) is 3.07. The van der Waals surface area contributed by atoms with Crippen molar-refractivity contribution < 1.29 is 9.53 Å². The molecule has 0 radical (unpaired) electrons. The molecule has 6 heteroatoms. The van der Waals surface area contributed by atoms with Gasteiger partial charge in [-0.1, -0.05) is 24.3 Å². The second kappa shape index (κ2) is 7.43. The second-order valence-electron chi connectivity index (χ2n) is 7.94. The lowest BCUT2D eigenvalue weighted by molar-refractivity contribution is -0.126. The van der Waals surface area contributed by atoms with E-state index in [-0.39, 0.29) is 17.2 Å². The van der Waals surface area contributed by atoms with E-state index < -0.39 is 0 Å². The molecule has 1 fully saturated rings. The molecular formula is C21H28N4O2. The Balaban J connectivity index is 1.48. The maximum absolute atomic E-state index is 12.9. The first-order valence-corrected chi connectivity index (χ1v) is 9.89. The SMILES string of the molecule is Cc1ccccc1C1(CNC(=O)C2CCc3nnc(C)n3C2)CCOCC1. The standard InChI is InChI=1S/C21H28N4O2/c1-15-5-3-4-6-18(15)21(9-11-27-12-10-21)14-22-20(26)17-7-8-19-24-23-16(2)25(19)13-17/h3-6,17H,7-14H2,1-2H3,(H,22,26). The summed E-state index contributed by atoms with van der Waals surface area (Å²) in [6.07, 6.45) is 3.54. The predicted octanol–water partition coefficient (Wildman–Crippen LogP) is 2.32. The molecule has 1 aromatic carbocycles. The number of carbonyl (C=O) groups excluding carboxylic acids is 1. The largest absolute Gasteiger partial charge is 0.381 e. The molecule has 1 atom stereocenters. The molecule has 3 heterocycles. The molecule has 1 amide bonds. The van der Waals surface area contributed by atoms with Gasteiger partial charge in [0, 0.05) is 38.1 Å². The highest BCUT2D eigenvalue weighted by Crippen LogP contribution is 2.36. The van der Waals surface area contributed by atoms with Crippen LogP contribution >= 0.6 is 0 Å². The number of hydrogen-bond acceptors (Lipinski definition) is 4. The zero-order valence-electron chi connectivity index (χ0n) is 16.2. The summed E-state index contributed by atoms with van der Waals surface area (Å²) in [5.74, 6) is 2.02. The minimum absolute atomic E-state index is 0.0130. The number of benzene rings is 1. The van der Waals surface area contributed by atoms with Crippen LogP contribution in [0.2, 0.25) is 0 Å². The summed E-state index contributed by atoms with van der Waals surface area (Å²) in [6.45, 7) is 6.96. The van der Waals surface area contributed by atoms with Gasteiger partial charge in [-0.15, -0.1) is 10.2 Å². The smallest absolute Gasteiger partial charge is 0.224 e. The molecule has 2 aliphatic rings. The van der Waals surface area contributed by atoms with Crippen molar-refractivity contribution >= 4 is 5.91 Å².